The predicted molar refractivity (Wildman–Crippen MR) is 56.3 cm³/mol. The lowest BCUT2D eigenvalue weighted by atomic mass is 9.82. The summed E-state index contributed by atoms with van der Waals surface area (Å²) in [5.74, 6) is -1.04. The molecule has 2 radical (unpaired) electrons. The van der Waals surface area contributed by atoms with Crippen LogP contribution >= 0.6 is 0 Å². The Morgan fingerprint density at radius 2 is 1.93 bits per heavy atom. The van der Waals surface area contributed by atoms with Crippen LogP contribution in [0.25, 0.3) is 0 Å². The van der Waals surface area contributed by atoms with Crippen molar-refractivity contribution in [3.8, 4) is 0 Å². The van der Waals surface area contributed by atoms with Crippen LogP contribution in [0.5, 0.6) is 0 Å². The summed E-state index contributed by atoms with van der Waals surface area (Å²) in [4.78, 5) is 23.6. The highest BCUT2D eigenvalue weighted by atomic mass is 16.2. The number of amides is 2. The zero-order valence-corrected chi connectivity index (χ0v) is 8.38. The van der Waals surface area contributed by atoms with Crippen LogP contribution in [0.3, 0.4) is 0 Å². The van der Waals surface area contributed by atoms with Gasteiger partial charge in [0.15, 0.2) is 5.81 Å². The Morgan fingerprint density at radius 3 is 2.47 bits per heavy atom. The highest BCUT2D eigenvalue weighted by molar-refractivity contribution is 6.58. The number of hydrogen-bond acceptors (Lipinski definition) is 2. The normalized spacial score (nSPS) is 24.9. The van der Waals surface area contributed by atoms with E-state index >= 15 is 0 Å². The maximum absolute atomic E-state index is 11.4. The van der Waals surface area contributed by atoms with Crippen molar-refractivity contribution in [2.75, 3.05) is 0 Å². The van der Waals surface area contributed by atoms with Crippen molar-refractivity contribution in [3.05, 3.63) is 35.9 Å². The van der Waals surface area contributed by atoms with Crippen molar-refractivity contribution in [3.63, 3.8) is 0 Å². The number of likely N-dealkylation sites (tertiary alicyclic amines) is 1. The van der Waals surface area contributed by atoms with E-state index in [1.165, 1.54) is 0 Å². The van der Waals surface area contributed by atoms with E-state index < -0.39 is 5.81 Å². The first kappa shape index (κ1) is 9.96. The fraction of sp³-hybridized carbons (Fsp3) is 0.273. The monoisotopic (exact) mass is 199 g/mol. The molecule has 0 spiro atoms. The third kappa shape index (κ3) is 1.46. The molecule has 15 heavy (non-hydrogen) atoms. The van der Waals surface area contributed by atoms with E-state index in [9.17, 15) is 9.59 Å². The summed E-state index contributed by atoms with van der Waals surface area (Å²) in [6.07, 6.45) is 0. The maximum atomic E-state index is 11.4. The standard InChI is InChI=1S/C11H10BNO2/c1-7-9(8-5-3-2-4-6-8)13(10(7)14)11(12)15/h2-7,9H,1H3/t7-,9-/m1/s1. The smallest absolute Gasteiger partial charge is 0.234 e. The number of carbonyl (C=O) groups excluding carboxylic acids is 2. The fourth-order valence-corrected chi connectivity index (χ4v) is 1.97. The number of β-lactam (4-membered cyclic amide) rings is 1. The van der Waals surface area contributed by atoms with Gasteiger partial charge in [-0.3, -0.25) is 14.5 Å². The van der Waals surface area contributed by atoms with Gasteiger partial charge in [-0.05, 0) is 5.56 Å². The molecular weight excluding hydrogens is 189 g/mol. The molecule has 1 aromatic carbocycles. The zero-order chi connectivity index (χ0) is 11.0. The summed E-state index contributed by atoms with van der Waals surface area (Å²) in [7, 11) is 5.14. The molecule has 1 heterocycles. The van der Waals surface area contributed by atoms with E-state index in [2.05, 4.69) is 0 Å². The molecule has 1 saturated heterocycles. The molecule has 3 nitrogen and oxygen atoms in total. The highest BCUT2D eigenvalue weighted by Gasteiger charge is 2.46. The molecular formula is C11H10BNO2. The van der Waals surface area contributed by atoms with E-state index in [1.54, 1.807) is 6.92 Å². The van der Waals surface area contributed by atoms with Crippen molar-refractivity contribution in [1.82, 2.24) is 4.90 Å². The first-order valence-electron chi connectivity index (χ1n) is 4.80. The minimum absolute atomic E-state index is 0.167. The van der Waals surface area contributed by atoms with Crippen LogP contribution in [0.2, 0.25) is 0 Å². The summed E-state index contributed by atoms with van der Waals surface area (Å²) in [6, 6.07) is 9.24. The van der Waals surface area contributed by atoms with Gasteiger partial charge in [0, 0.05) is 0 Å². The molecule has 0 N–H and O–H groups in total. The molecule has 0 bridgehead atoms. The minimum atomic E-state index is -0.674. The van der Waals surface area contributed by atoms with Gasteiger partial charge in [0.1, 0.15) is 0 Å². The number of carbonyl (C=O) groups is 2. The predicted octanol–water partition coefficient (Wildman–Crippen LogP) is 1.49. The highest BCUT2D eigenvalue weighted by Crippen LogP contribution is 2.39. The molecule has 0 aromatic heterocycles. The Balaban J connectivity index is 2.30. The van der Waals surface area contributed by atoms with Gasteiger partial charge in [0.05, 0.1) is 12.0 Å². The van der Waals surface area contributed by atoms with Crippen molar-refractivity contribution in [2.45, 2.75) is 13.0 Å². The number of rotatable bonds is 1. The quantitative estimate of drug-likeness (QED) is 0.507. The molecule has 1 aliphatic heterocycles. The third-order valence-electron chi connectivity index (χ3n) is 2.76. The maximum Gasteiger partial charge on any atom is 0.234 e. The Kier molecular flexibility index (Phi) is 2.35. The molecule has 2 rings (SSSR count). The van der Waals surface area contributed by atoms with Crippen LogP contribution in [-0.2, 0) is 4.79 Å². The lowest BCUT2D eigenvalue weighted by molar-refractivity contribution is -0.148. The summed E-state index contributed by atoms with van der Waals surface area (Å²) in [5, 5.41) is 0. The lowest BCUT2D eigenvalue weighted by Crippen LogP contribution is -2.56. The van der Waals surface area contributed by atoms with Crippen LogP contribution in [0.15, 0.2) is 30.3 Å². The van der Waals surface area contributed by atoms with Gasteiger partial charge in [-0.25, -0.2) is 0 Å². The number of benzene rings is 1. The van der Waals surface area contributed by atoms with Gasteiger partial charge in [-0.2, -0.15) is 0 Å². The van der Waals surface area contributed by atoms with Gasteiger partial charge in [0.2, 0.25) is 13.8 Å². The largest absolute Gasteiger partial charge is 0.289 e. The van der Waals surface area contributed by atoms with Crippen molar-refractivity contribution >= 4 is 19.6 Å². The average molecular weight is 199 g/mol. The van der Waals surface area contributed by atoms with Crippen LogP contribution in [0.4, 0.5) is 4.79 Å². The molecule has 4 heteroatoms. The SMILES string of the molecule is [B]C(=O)N1C(=O)[C@H](C)[C@@H]1c1ccccc1. The Labute approximate surface area is 89.5 Å². The Bertz CT molecular complexity index is 404. The van der Waals surface area contributed by atoms with Gasteiger partial charge >= 0.3 is 0 Å². The third-order valence-corrected chi connectivity index (χ3v) is 2.76. The second kappa shape index (κ2) is 3.53. The fourth-order valence-electron chi connectivity index (χ4n) is 1.97. The van der Waals surface area contributed by atoms with Crippen molar-refractivity contribution < 1.29 is 9.59 Å². The summed E-state index contributed by atoms with van der Waals surface area (Å²) < 4.78 is 0. The van der Waals surface area contributed by atoms with Crippen molar-refractivity contribution in [2.24, 2.45) is 5.92 Å². The molecule has 1 fully saturated rings. The zero-order valence-electron chi connectivity index (χ0n) is 8.38. The van der Waals surface area contributed by atoms with Gasteiger partial charge in [-0.15, -0.1) is 0 Å². The first-order valence-corrected chi connectivity index (χ1v) is 4.80. The van der Waals surface area contributed by atoms with Gasteiger partial charge < -0.3 is 0 Å². The number of nitrogens with zero attached hydrogens (tertiary/aromatic N) is 1. The average Bonchev–Trinajstić information content (AvgIpc) is 2.25. The summed E-state index contributed by atoms with van der Waals surface area (Å²) in [6.45, 7) is 1.80. The van der Waals surface area contributed by atoms with E-state index in [-0.39, 0.29) is 17.9 Å². The van der Waals surface area contributed by atoms with E-state index in [1.807, 2.05) is 30.3 Å². The van der Waals surface area contributed by atoms with E-state index in [4.69, 9.17) is 7.85 Å². The van der Waals surface area contributed by atoms with Crippen LogP contribution in [0, 0.1) is 5.92 Å². The van der Waals surface area contributed by atoms with Crippen LogP contribution in [-0.4, -0.2) is 24.5 Å². The van der Waals surface area contributed by atoms with Crippen molar-refractivity contribution in [1.29, 1.82) is 0 Å². The topological polar surface area (TPSA) is 37.4 Å². The number of hydrogen-bond donors (Lipinski definition) is 0. The lowest BCUT2D eigenvalue weighted by Gasteiger charge is -2.44. The summed E-state index contributed by atoms with van der Waals surface area (Å²) in [5.41, 5.74) is 0.948. The minimum Gasteiger partial charge on any atom is -0.289 e. The van der Waals surface area contributed by atoms with Gasteiger partial charge in [0.25, 0.3) is 0 Å². The molecule has 2 atom stereocenters. The molecule has 1 aliphatic rings. The second-order valence-electron chi connectivity index (χ2n) is 3.69. The Hall–Kier alpha value is -1.58. The second-order valence-corrected chi connectivity index (χ2v) is 3.69. The molecule has 74 valence electrons. The molecule has 0 aliphatic carbocycles. The van der Waals surface area contributed by atoms with E-state index in [0.29, 0.717) is 0 Å². The molecule has 0 saturated carbocycles. The Morgan fingerprint density at radius 1 is 1.33 bits per heavy atom. The van der Waals surface area contributed by atoms with Crippen LogP contribution in [0.1, 0.15) is 18.5 Å². The molecule has 2 amide bonds. The summed E-state index contributed by atoms with van der Waals surface area (Å²) >= 11 is 0. The van der Waals surface area contributed by atoms with Crippen LogP contribution < -0.4 is 0 Å². The molecule has 1 aromatic rings. The number of imide groups is 1. The van der Waals surface area contributed by atoms with E-state index in [0.717, 1.165) is 10.5 Å². The molecule has 0 unspecified atom stereocenters. The first-order chi connectivity index (χ1) is 7.13. The van der Waals surface area contributed by atoms with Gasteiger partial charge in [-0.1, -0.05) is 37.3 Å².